The molecule has 0 saturated heterocycles. The number of carbonyl (C=O) groups is 1. The number of hydrogen-bond acceptors (Lipinski definition) is 1. The first-order chi connectivity index (χ1) is 10.2. The topological polar surface area (TPSA) is 29.1 Å². The summed E-state index contributed by atoms with van der Waals surface area (Å²) < 4.78 is 12.9. The summed E-state index contributed by atoms with van der Waals surface area (Å²) in [6, 6.07) is 14.3. The number of nitrogens with one attached hydrogen (secondary N) is 1. The van der Waals surface area contributed by atoms with E-state index in [-0.39, 0.29) is 23.6 Å². The van der Waals surface area contributed by atoms with Gasteiger partial charge in [-0.1, -0.05) is 37.3 Å². The van der Waals surface area contributed by atoms with Gasteiger partial charge in [0, 0.05) is 11.6 Å². The standard InChI is InChI=1S/C18H18FNO/c1-2-12-5-3-4-6-17(12)20-18(21)16-11-15(16)13-7-9-14(19)10-8-13/h3-10,15-16H,2,11H2,1H3,(H,20,21)/t15-,16+/m1/s1. The van der Waals surface area contributed by atoms with Gasteiger partial charge in [-0.3, -0.25) is 4.79 Å². The van der Waals surface area contributed by atoms with Gasteiger partial charge in [-0.05, 0) is 48.1 Å². The average Bonchev–Trinajstić information content (AvgIpc) is 3.29. The van der Waals surface area contributed by atoms with Crippen LogP contribution in [0.4, 0.5) is 10.1 Å². The molecule has 3 rings (SSSR count). The molecule has 1 saturated carbocycles. The number of halogens is 1. The molecule has 1 fully saturated rings. The van der Waals surface area contributed by atoms with Gasteiger partial charge in [0.05, 0.1) is 0 Å². The maximum atomic E-state index is 12.9. The monoisotopic (exact) mass is 283 g/mol. The number of para-hydroxylation sites is 1. The lowest BCUT2D eigenvalue weighted by atomic mass is 10.1. The fourth-order valence-electron chi connectivity index (χ4n) is 2.74. The zero-order valence-corrected chi connectivity index (χ0v) is 12.0. The average molecular weight is 283 g/mol. The summed E-state index contributed by atoms with van der Waals surface area (Å²) in [5, 5.41) is 3.02. The Balaban J connectivity index is 1.66. The molecule has 1 aliphatic carbocycles. The first-order valence-corrected chi connectivity index (χ1v) is 7.33. The normalized spacial score (nSPS) is 20.1. The smallest absolute Gasteiger partial charge is 0.228 e. The Hall–Kier alpha value is -2.16. The predicted octanol–water partition coefficient (Wildman–Crippen LogP) is 4.13. The van der Waals surface area contributed by atoms with Crippen molar-refractivity contribution in [3.05, 3.63) is 65.5 Å². The van der Waals surface area contributed by atoms with Gasteiger partial charge in [0.1, 0.15) is 5.82 Å². The van der Waals surface area contributed by atoms with Crippen molar-refractivity contribution in [3.8, 4) is 0 Å². The van der Waals surface area contributed by atoms with Gasteiger partial charge in [-0.2, -0.15) is 0 Å². The summed E-state index contributed by atoms with van der Waals surface area (Å²) in [6.45, 7) is 2.07. The first-order valence-electron chi connectivity index (χ1n) is 7.33. The number of carbonyl (C=O) groups excluding carboxylic acids is 1. The summed E-state index contributed by atoms with van der Waals surface area (Å²) in [4.78, 5) is 12.3. The van der Waals surface area contributed by atoms with Crippen LogP contribution in [-0.2, 0) is 11.2 Å². The highest BCUT2D eigenvalue weighted by atomic mass is 19.1. The Morgan fingerprint density at radius 2 is 1.90 bits per heavy atom. The second kappa shape index (κ2) is 5.68. The van der Waals surface area contributed by atoms with Crippen molar-refractivity contribution in [1.29, 1.82) is 0 Å². The lowest BCUT2D eigenvalue weighted by Gasteiger charge is -2.09. The number of benzene rings is 2. The summed E-state index contributed by atoms with van der Waals surface area (Å²) in [6.07, 6.45) is 1.73. The van der Waals surface area contributed by atoms with E-state index < -0.39 is 0 Å². The molecule has 1 amide bonds. The van der Waals surface area contributed by atoms with Crippen molar-refractivity contribution in [3.63, 3.8) is 0 Å². The summed E-state index contributed by atoms with van der Waals surface area (Å²) in [7, 11) is 0. The molecule has 2 aromatic carbocycles. The quantitative estimate of drug-likeness (QED) is 0.898. The molecule has 0 bridgehead atoms. The molecule has 0 unspecified atom stereocenters. The third-order valence-electron chi connectivity index (χ3n) is 4.08. The van der Waals surface area contributed by atoms with Gasteiger partial charge in [-0.15, -0.1) is 0 Å². The number of hydrogen-bond donors (Lipinski definition) is 1. The van der Waals surface area contributed by atoms with Crippen molar-refractivity contribution in [2.75, 3.05) is 5.32 Å². The van der Waals surface area contributed by atoms with Crippen LogP contribution in [0.3, 0.4) is 0 Å². The number of anilines is 1. The molecule has 0 spiro atoms. The highest BCUT2D eigenvalue weighted by Gasteiger charge is 2.43. The minimum absolute atomic E-state index is 0.000346. The van der Waals surface area contributed by atoms with Crippen molar-refractivity contribution in [1.82, 2.24) is 0 Å². The first kappa shape index (κ1) is 13.8. The lowest BCUT2D eigenvalue weighted by molar-refractivity contribution is -0.117. The van der Waals surface area contributed by atoms with Crippen LogP contribution < -0.4 is 5.32 Å². The minimum Gasteiger partial charge on any atom is -0.326 e. The van der Waals surface area contributed by atoms with Crippen LogP contribution in [0.15, 0.2) is 48.5 Å². The second-order valence-corrected chi connectivity index (χ2v) is 5.50. The van der Waals surface area contributed by atoms with Gasteiger partial charge in [-0.25, -0.2) is 4.39 Å². The van der Waals surface area contributed by atoms with E-state index in [0.717, 1.165) is 29.7 Å². The highest BCUT2D eigenvalue weighted by molar-refractivity contribution is 5.95. The molecule has 0 heterocycles. The van der Waals surface area contributed by atoms with E-state index in [2.05, 4.69) is 12.2 Å². The molecule has 21 heavy (non-hydrogen) atoms. The van der Waals surface area contributed by atoms with E-state index in [9.17, 15) is 9.18 Å². The maximum Gasteiger partial charge on any atom is 0.228 e. The van der Waals surface area contributed by atoms with E-state index in [4.69, 9.17) is 0 Å². The van der Waals surface area contributed by atoms with Gasteiger partial charge in [0.2, 0.25) is 5.91 Å². The zero-order chi connectivity index (χ0) is 14.8. The van der Waals surface area contributed by atoms with Crippen LogP contribution in [0.1, 0.15) is 30.4 Å². The van der Waals surface area contributed by atoms with E-state index in [0.29, 0.717) is 0 Å². The second-order valence-electron chi connectivity index (χ2n) is 5.50. The van der Waals surface area contributed by atoms with Crippen LogP contribution in [0.2, 0.25) is 0 Å². The summed E-state index contributed by atoms with van der Waals surface area (Å²) in [5.74, 6) is 0.0438. The molecule has 0 aromatic heterocycles. The predicted molar refractivity (Wildman–Crippen MR) is 81.7 cm³/mol. The largest absolute Gasteiger partial charge is 0.326 e. The molecule has 0 radical (unpaired) electrons. The highest BCUT2D eigenvalue weighted by Crippen LogP contribution is 2.48. The van der Waals surface area contributed by atoms with E-state index >= 15 is 0 Å². The molecular weight excluding hydrogens is 265 g/mol. The van der Waals surface area contributed by atoms with Crippen LogP contribution >= 0.6 is 0 Å². The fraction of sp³-hybridized carbons (Fsp3) is 0.278. The fourth-order valence-corrected chi connectivity index (χ4v) is 2.74. The Labute approximate surface area is 124 Å². The summed E-state index contributed by atoms with van der Waals surface area (Å²) >= 11 is 0. The summed E-state index contributed by atoms with van der Waals surface area (Å²) in [5.41, 5.74) is 3.08. The van der Waals surface area contributed by atoms with Gasteiger partial charge in [0.15, 0.2) is 0 Å². The molecule has 1 N–H and O–H groups in total. The SMILES string of the molecule is CCc1ccccc1NC(=O)[C@H]1C[C@@H]1c1ccc(F)cc1. The number of aryl methyl sites for hydroxylation is 1. The van der Waals surface area contributed by atoms with E-state index in [1.54, 1.807) is 12.1 Å². The van der Waals surface area contributed by atoms with Gasteiger partial charge in [0.25, 0.3) is 0 Å². The zero-order valence-electron chi connectivity index (χ0n) is 12.0. The molecule has 0 aliphatic heterocycles. The Morgan fingerprint density at radius 3 is 2.62 bits per heavy atom. The molecule has 1 aliphatic rings. The van der Waals surface area contributed by atoms with Gasteiger partial charge >= 0.3 is 0 Å². The van der Waals surface area contributed by atoms with Crippen molar-refractivity contribution in [2.24, 2.45) is 5.92 Å². The third-order valence-corrected chi connectivity index (χ3v) is 4.08. The number of amides is 1. The van der Waals surface area contributed by atoms with E-state index in [1.807, 2.05) is 24.3 Å². The molecule has 2 nitrogen and oxygen atoms in total. The van der Waals surface area contributed by atoms with Crippen LogP contribution in [-0.4, -0.2) is 5.91 Å². The maximum absolute atomic E-state index is 12.9. The van der Waals surface area contributed by atoms with Crippen molar-refractivity contribution in [2.45, 2.75) is 25.7 Å². The molecule has 2 aromatic rings. The van der Waals surface area contributed by atoms with Gasteiger partial charge < -0.3 is 5.32 Å². The van der Waals surface area contributed by atoms with Crippen LogP contribution in [0, 0.1) is 11.7 Å². The molecular formula is C18H18FNO. The molecule has 3 heteroatoms. The Kier molecular flexibility index (Phi) is 3.74. The van der Waals surface area contributed by atoms with Crippen molar-refractivity contribution < 1.29 is 9.18 Å². The van der Waals surface area contributed by atoms with Crippen molar-refractivity contribution >= 4 is 11.6 Å². The van der Waals surface area contributed by atoms with Crippen LogP contribution in [0.25, 0.3) is 0 Å². The number of rotatable bonds is 4. The Bertz CT molecular complexity index is 651. The Morgan fingerprint density at radius 1 is 1.19 bits per heavy atom. The molecule has 2 atom stereocenters. The molecule has 108 valence electrons. The van der Waals surface area contributed by atoms with Crippen LogP contribution in [0.5, 0.6) is 0 Å². The lowest BCUT2D eigenvalue weighted by Crippen LogP contribution is -2.15. The minimum atomic E-state index is -0.239. The third kappa shape index (κ3) is 2.97. The van der Waals surface area contributed by atoms with E-state index in [1.165, 1.54) is 12.1 Å².